The standard InChI is InChI=1S/Fe.La.H2O.Pd/h;;1H2;. The first-order chi connectivity index (χ1) is 0. The zero-order chi connectivity index (χ0) is 0. The summed E-state index contributed by atoms with van der Waals surface area (Å²) in [4.78, 5) is 0. The van der Waals surface area contributed by atoms with Crippen LogP contribution < -0.4 is 0 Å². The first-order valence-corrected chi connectivity index (χ1v) is 0. The minimum Gasteiger partial charge on any atom is -0.412 e. The molecule has 0 aromatic rings. The van der Waals surface area contributed by atoms with Gasteiger partial charge in [0.1, 0.15) is 0 Å². The predicted molar refractivity (Wildman–Crippen MR) is 3.61 cm³/mol. The topological polar surface area (TPSA) is 31.5 Å². The Labute approximate surface area is 77.3 Å². The van der Waals surface area contributed by atoms with Gasteiger partial charge in [0, 0.05) is 73.1 Å². The van der Waals surface area contributed by atoms with Crippen LogP contribution in [0.4, 0.5) is 0 Å². The normalized spacial score (nSPS) is 0. The van der Waals surface area contributed by atoms with Crippen LogP contribution in [0.2, 0.25) is 0 Å². The molecule has 4 heteroatoms. The fourth-order valence-corrected chi connectivity index (χ4v) is 0. The average molecular weight is 319 g/mol. The quantitative estimate of drug-likeness (QED) is 0.522. The number of hydrogen-bond acceptors (Lipinski definition) is 0. The molecule has 0 unspecified atom stereocenters. The van der Waals surface area contributed by atoms with Crippen molar-refractivity contribution < 1.29 is 78.6 Å². The third-order valence-electron chi connectivity index (χ3n) is 0. The van der Waals surface area contributed by atoms with Crippen molar-refractivity contribution in [3.05, 3.63) is 0 Å². The van der Waals surface area contributed by atoms with E-state index >= 15 is 0 Å². The smallest absolute Gasteiger partial charge is 0 e. The first kappa shape index (κ1) is 33.1. The van der Waals surface area contributed by atoms with Crippen molar-refractivity contribution >= 4 is 0 Å². The SMILES string of the molecule is O.[Fe].[La].[Pd]. The summed E-state index contributed by atoms with van der Waals surface area (Å²) in [6.07, 6.45) is 0. The van der Waals surface area contributed by atoms with E-state index in [-0.39, 0.29) is 78.6 Å². The van der Waals surface area contributed by atoms with Gasteiger partial charge in [0.05, 0.1) is 0 Å². The molecule has 29 valence electrons. The Kier molecular flexibility index (Phi) is 152. The molecule has 0 fully saturated rings. The van der Waals surface area contributed by atoms with Gasteiger partial charge in [-0.15, -0.1) is 0 Å². The van der Waals surface area contributed by atoms with Gasteiger partial charge in [0.15, 0.2) is 0 Å². The van der Waals surface area contributed by atoms with E-state index < -0.39 is 0 Å². The van der Waals surface area contributed by atoms with E-state index in [1.807, 2.05) is 0 Å². The Hall–Kier alpha value is 2.34. The molecule has 0 heterocycles. The summed E-state index contributed by atoms with van der Waals surface area (Å²) in [5, 5.41) is 0. The first-order valence-electron chi connectivity index (χ1n) is 0. The third kappa shape index (κ3) is 8.84. The number of hydrogen-bond donors (Lipinski definition) is 0. The molecule has 1 radical (unpaired) electrons. The van der Waals surface area contributed by atoms with E-state index in [1.165, 1.54) is 0 Å². The maximum Gasteiger partial charge on any atom is 0 e. The Balaban J connectivity index is 0. The largest absolute Gasteiger partial charge is 0.412 e. The Bertz CT molecular complexity index is 8.00. The van der Waals surface area contributed by atoms with Crippen LogP contribution in [-0.2, 0) is 37.5 Å². The second kappa shape index (κ2) is 18.4. The summed E-state index contributed by atoms with van der Waals surface area (Å²) >= 11 is 0. The molecule has 0 bridgehead atoms. The molecule has 2 N–H and O–H groups in total. The van der Waals surface area contributed by atoms with Crippen LogP contribution >= 0.6 is 0 Å². The van der Waals surface area contributed by atoms with Crippen molar-refractivity contribution in [3.63, 3.8) is 0 Å². The molecule has 0 saturated carbocycles. The summed E-state index contributed by atoms with van der Waals surface area (Å²) in [6, 6.07) is 0. The van der Waals surface area contributed by atoms with Crippen LogP contribution in [0.1, 0.15) is 0 Å². The van der Waals surface area contributed by atoms with Crippen LogP contribution in [0.25, 0.3) is 0 Å². The van der Waals surface area contributed by atoms with Crippen molar-refractivity contribution in [2.75, 3.05) is 0 Å². The van der Waals surface area contributed by atoms with E-state index in [4.69, 9.17) is 0 Å². The summed E-state index contributed by atoms with van der Waals surface area (Å²) in [6.45, 7) is 0. The van der Waals surface area contributed by atoms with Crippen LogP contribution in [0.15, 0.2) is 0 Å². The second-order valence-corrected chi connectivity index (χ2v) is 0. The molecule has 0 saturated heterocycles. The van der Waals surface area contributed by atoms with Gasteiger partial charge in [-0.3, -0.25) is 0 Å². The molecule has 0 aliphatic heterocycles. The van der Waals surface area contributed by atoms with Gasteiger partial charge in [-0.2, -0.15) is 0 Å². The molecule has 0 spiro atoms. The summed E-state index contributed by atoms with van der Waals surface area (Å²) in [5.74, 6) is 0. The van der Waals surface area contributed by atoms with Crippen LogP contribution in [0, 0.1) is 35.6 Å². The molecule has 0 atom stereocenters. The van der Waals surface area contributed by atoms with Crippen LogP contribution in [-0.4, -0.2) is 5.48 Å². The maximum absolute atomic E-state index is 0. The van der Waals surface area contributed by atoms with Crippen molar-refractivity contribution in [1.82, 2.24) is 0 Å². The van der Waals surface area contributed by atoms with Gasteiger partial charge in [-0.1, -0.05) is 0 Å². The van der Waals surface area contributed by atoms with E-state index in [9.17, 15) is 0 Å². The average Bonchev–Trinajstić information content (AvgIpc) is 0. The van der Waals surface area contributed by atoms with E-state index in [2.05, 4.69) is 0 Å². The van der Waals surface area contributed by atoms with E-state index in [0.717, 1.165) is 0 Å². The molecule has 0 aliphatic carbocycles. The Morgan fingerprint density at radius 3 is 1.00 bits per heavy atom. The Morgan fingerprint density at radius 2 is 1.00 bits per heavy atom. The van der Waals surface area contributed by atoms with Gasteiger partial charge >= 0.3 is 0 Å². The molecule has 0 rings (SSSR count). The zero-order valence-corrected chi connectivity index (χ0v) is 8.03. The molecule has 0 aliphatic rings. The van der Waals surface area contributed by atoms with E-state index in [0.29, 0.717) is 0 Å². The minimum absolute atomic E-state index is 0. The summed E-state index contributed by atoms with van der Waals surface area (Å²) < 4.78 is 0. The van der Waals surface area contributed by atoms with Gasteiger partial charge < -0.3 is 5.48 Å². The molecule has 0 aromatic heterocycles. The van der Waals surface area contributed by atoms with Crippen LogP contribution in [0.5, 0.6) is 0 Å². The minimum atomic E-state index is 0. The summed E-state index contributed by atoms with van der Waals surface area (Å²) in [5.41, 5.74) is 0. The van der Waals surface area contributed by atoms with Gasteiger partial charge in [0.25, 0.3) is 0 Å². The maximum atomic E-state index is 0. The molecular weight excluding hydrogens is 317 g/mol. The Morgan fingerprint density at radius 1 is 1.00 bits per heavy atom. The van der Waals surface area contributed by atoms with Crippen LogP contribution in [0.3, 0.4) is 0 Å². The zero-order valence-electron chi connectivity index (χ0n) is 1.75. The van der Waals surface area contributed by atoms with Gasteiger partial charge in [-0.25, -0.2) is 0 Å². The van der Waals surface area contributed by atoms with Gasteiger partial charge in [-0.05, 0) is 0 Å². The molecule has 4 heavy (non-hydrogen) atoms. The molecule has 1 nitrogen and oxygen atoms in total. The molecule has 0 aromatic carbocycles. The predicted octanol–water partition coefficient (Wildman–Crippen LogP) is -0.830. The number of rotatable bonds is 0. The van der Waals surface area contributed by atoms with E-state index in [1.54, 1.807) is 0 Å². The fraction of sp³-hybridized carbons (Fsp3) is 0. The van der Waals surface area contributed by atoms with Gasteiger partial charge in [0.2, 0.25) is 0 Å². The third-order valence-corrected chi connectivity index (χ3v) is 0. The second-order valence-electron chi connectivity index (χ2n) is 0. The monoisotopic (exact) mass is 319 g/mol. The molecular formula is H2FeLaOPd. The summed E-state index contributed by atoms with van der Waals surface area (Å²) in [7, 11) is 0. The van der Waals surface area contributed by atoms with Crippen molar-refractivity contribution in [2.24, 2.45) is 0 Å². The van der Waals surface area contributed by atoms with Crippen molar-refractivity contribution in [2.45, 2.75) is 0 Å². The fourth-order valence-electron chi connectivity index (χ4n) is 0. The van der Waals surface area contributed by atoms with Crippen molar-refractivity contribution in [3.8, 4) is 0 Å². The van der Waals surface area contributed by atoms with Crippen molar-refractivity contribution in [1.29, 1.82) is 0 Å². The molecule has 0 amide bonds.